The van der Waals surface area contributed by atoms with Crippen LogP contribution in [0.25, 0.3) is 0 Å². The van der Waals surface area contributed by atoms with Crippen molar-refractivity contribution >= 4 is 0 Å². The molecule has 112 valence electrons. The Balaban J connectivity index is 2.41. The maximum absolute atomic E-state index is 14.0. The van der Waals surface area contributed by atoms with Crippen molar-refractivity contribution in [3.05, 3.63) is 35.1 Å². The first-order valence-electron chi connectivity index (χ1n) is 6.99. The smallest absolute Gasteiger partial charge is 0.133 e. The highest BCUT2D eigenvalue weighted by Crippen LogP contribution is 2.39. The van der Waals surface area contributed by atoms with E-state index in [2.05, 4.69) is 5.32 Å². The molecule has 2 atom stereocenters. The van der Waals surface area contributed by atoms with Gasteiger partial charge in [-0.1, -0.05) is 6.92 Å². The number of hydrogen-bond acceptors (Lipinski definition) is 2. The molecule has 5 heteroatoms. The van der Waals surface area contributed by atoms with E-state index in [1.54, 1.807) is 0 Å². The highest BCUT2D eigenvalue weighted by atomic mass is 19.1. The molecule has 0 saturated carbocycles. The van der Waals surface area contributed by atoms with Gasteiger partial charge in [-0.05, 0) is 32.7 Å². The number of ether oxygens (including phenoxy) is 1. The van der Waals surface area contributed by atoms with E-state index in [0.29, 0.717) is 19.6 Å². The lowest BCUT2D eigenvalue weighted by molar-refractivity contribution is -0.0144. The molecule has 1 N–H and O–H groups in total. The maximum Gasteiger partial charge on any atom is 0.133 e. The van der Waals surface area contributed by atoms with Crippen molar-refractivity contribution in [3.8, 4) is 0 Å². The molecule has 1 saturated heterocycles. The van der Waals surface area contributed by atoms with Crippen molar-refractivity contribution < 1.29 is 17.9 Å². The molecule has 0 radical (unpaired) electrons. The van der Waals surface area contributed by atoms with E-state index in [1.807, 2.05) is 13.8 Å². The molecule has 0 aliphatic carbocycles. The molecule has 2 rings (SSSR count). The third-order valence-corrected chi connectivity index (χ3v) is 3.79. The second-order valence-corrected chi connectivity index (χ2v) is 5.43. The van der Waals surface area contributed by atoms with Crippen molar-refractivity contribution in [2.24, 2.45) is 0 Å². The van der Waals surface area contributed by atoms with Crippen LogP contribution >= 0.6 is 0 Å². The Morgan fingerprint density at radius 2 is 1.95 bits per heavy atom. The predicted molar refractivity (Wildman–Crippen MR) is 70.9 cm³/mol. The normalized spacial score (nSPS) is 24.1. The summed E-state index contributed by atoms with van der Waals surface area (Å²) in [6.45, 7) is 5.00. The summed E-state index contributed by atoms with van der Waals surface area (Å²) in [6, 6.07) is 0.819. The fourth-order valence-corrected chi connectivity index (χ4v) is 2.77. The zero-order valence-corrected chi connectivity index (χ0v) is 11.8. The van der Waals surface area contributed by atoms with E-state index >= 15 is 0 Å². The summed E-state index contributed by atoms with van der Waals surface area (Å²) in [6.07, 6.45) is 2.40. The monoisotopic (exact) mass is 287 g/mol. The first kappa shape index (κ1) is 15.3. The zero-order chi connectivity index (χ0) is 14.8. The van der Waals surface area contributed by atoms with Crippen LogP contribution in [0.2, 0.25) is 0 Å². The summed E-state index contributed by atoms with van der Waals surface area (Å²) >= 11 is 0. The molecule has 2 unspecified atom stereocenters. The van der Waals surface area contributed by atoms with Gasteiger partial charge < -0.3 is 10.1 Å². The van der Waals surface area contributed by atoms with Crippen molar-refractivity contribution in [1.29, 1.82) is 0 Å². The lowest BCUT2D eigenvalue weighted by atomic mass is 9.87. The molecule has 1 aromatic rings. The molecule has 1 heterocycles. The minimum atomic E-state index is -0.907. The quantitative estimate of drug-likeness (QED) is 0.891. The average Bonchev–Trinajstić information content (AvgIpc) is 2.80. The Bertz CT molecular complexity index is 449. The zero-order valence-electron chi connectivity index (χ0n) is 11.8. The van der Waals surface area contributed by atoms with Crippen LogP contribution in [0, 0.1) is 17.5 Å². The molecule has 1 fully saturated rings. The van der Waals surface area contributed by atoms with Crippen LogP contribution in [0.5, 0.6) is 0 Å². The first-order valence-corrected chi connectivity index (χ1v) is 6.99. The Labute approximate surface area is 117 Å². The maximum atomic E-state index is 14.0. The predicted octanol–water partition coefficient (Wildman–Crippen LogP) is 3.71. The van der Waals surface area contributed by atoms with Gasteiger partial charge in [0.15, 0.2) is 0 Å². The largest absolute Gasteiger partial charge is 0.373 e. The Kier molecular flexibility index (Phi) is 4.70. The topological polar surface area (TPSA) is 21.3 Å². The molecule has 0 aromatic heterocycles. The van der Waals surface area contributed by atoms with Crippen LogP contribution in [0.3, 0.4) is 0 Å². The van der Waals surface area contributed by atoms with Crippen molar-refractivity contribution in [1.82, 2.24) is 5.32 Å². The van der Waals surface area contributed by atoms with Gasteiger partial charge in [0.1, 0.15) is 17.5 Å². The van der Waals surface area contributed by atoms with Crippen LogP contribution in [0.15, 0.2) is 12.1 Å². The van der Waals surface area contributed by atoms with E-state index in [0.717, 1.165) is 25.0 Å². The minimum absolute atomic E-state index is 0.135. The van der Waals surface area contributed by atoms with Gasteiger partial charge in [0.05, 0.1) is 11.6 Å². The number of nitrogens with one attached hydrogen (secondary N) is 1. The molecule has 1 aromatic carbocycles. The van der Waals surface area contributed by atoms with Gasteiger partial charge in [0.2, 0.25) is 0 Å². The summed E-state index contributed by atoms with van der Waals surface area (Å²) in [5.41, 5.74) is -0.807. The Morgan fingerprint density at radius 1 is 1.30 bits per heavy atom. The third-order valence-electron chi connectivity index (χ3n) is 3.79. The second kappa shape index (κ2) is 6.14. The van der Waals surface area contributed by atoms with Gasteiger partial charge >= 0.3 is 0 Å². The highest BCUT2D eigenvalue weighted by Gasteiger charge is 2.41. The van der Waals surface area contributed by atoms with Crippen LogP contribution < -0.4 is 5.32 Å². The van der Waals surface area contributed by atoms with Crippen molar-refractivity contribution in [2.75, 3.05) is 13.2 Å². The van der Waals surface area contributed by atoms with E-state index in [4.69, 9.17) is 4.74 Å². The fourth-order valence-electron chi connectivity index (χ4n) is 2.77. The molecule has 0 bridgehead atoms. The number of benzene rings is 1. The van der Waals surface area contributed by atoms with Gasteiger partial charge in [-0.2, -0.15) is 0 Å². The second-order valence-electron chi connectivity index (χ2n) is 5.43. The molecule has 0 spiro atoms. The van der Waals surface area contributed by atoms with Crippen molar-refractivity contribution in [3.63, 3.8) is 0 Å². The van der Waals surface area contributed by atoms with Crippen LogP contribution in [0.4, 0.5) is 13.2 Å². The average molecular weight is 287 g/mol. The minimum Gasteiger partial charge on any atom is -0.373 e. The molecule has 2 nitrogen and oxygen atoms in total. The summed E-state index contributed by atoms with van der Waals surface area (Å²) in [5, 5.41) is 3.14. The lowest BCUT2D eigenvalue weighted by Gasteiger charge is -2.35. The molecular weight excluding hydrogens is 267 g/mol. The lowest BCUT2D eigenvalue weighted by Crippen LogP contribution is -2.42. The number of hydrogen-bond donors (Lipinski definition) is 1. The first-order chi connectivity index (χ1) is 9.48. The summed E-state index contributed by atoms with van der Waals surface area (Å²) in [7, 11) is 0. The number of halogens is 3. The van der Waals surface area contributed by atoms with Gasteiger partial charge in [-0.15, -0.1) is 0 Å². The van der Waals surface area contributed by atoms with Gasteiger partial charge in [0.25, 0.3) is 0 Å². The molecule has 1 aliphatic heterocycles. The van der Waals surface area contributed by atoms with E-state index in [9.17, 15) is 13.2 Å². The van der Waals surface area contributed by atoms with Gasteiger partial charge in [-0.25, -0.2) is 13.2 Å². The Hall–Kier alpha value is -1.07. The van der Waals surface area contributed by atoms with Crippen LogP contribution in [-0.2, 0) is 4.74 Å². The SMILES string of the molecule is CCCNC(c1c(F)cc(F)cc1F)C1(C)CCCO1. The van der Waals surface area contributed by atoms with E-state index < -0.39 is 29.1 Å². The van der Waals surface area contributed by atoms with E-state index in [1.165, 1.54) is 0 Å². The van der Waals surface area contributed by atoms with Crippen LogP contribution in [-0.4, -0.2) is 18.8 Å². The molecule has 0 amide bonds. The van der Waals surface area contributed by atoms with Crippen molar-refractivity contribution in [2.45, 2.75) is 44.8 Å². The summed E-state index contributed by atoms with van der Waals surface area (Å²) in [5.74, 6) is -2.64. The third kappa shape index (κ3) is 2.99. The van der Waals surface area contributed by atoms with Crippen LogP contribution in [0.1, 0.15) is 44.7 Å². The summed E-state index contributed by atoms with van der Waals surface area (Å²) < 4.78 is 46.8. The van der Waals surface area contributed by atoms with E-state index in [-0.39, 0.29) is 5.56 Å². The Morgan fingerprint density at radius 3 is 2.45 bits per heavy atom. The summed E-state index contributed by atoms with van der Waals surface area (Å²) in [4.78, 5) is 0. The molecular formula is C15H20F3NO. The highest BCUT2D eigenvalue weighted by molar-refractivity contribution is 5.27. The number of rotatable bonds is 5. The molecule has 20 heavy (non-hydrogen) atoms. The molecule has 1 aliphatic rings. The standard InChI is InChI=1S/C15H20F3NO/c1-3-6-19-14(15(2)5-4-7-20-15)13-11(17)8-10(16)9-12(13)18/h8-9,14,19H,3-7H2,1-2H3. The fraction of sp³-hybridized carbons (Fsp3) is 0.600. The van der Waals surface area contributed by atoms with Gasteiger partial charge in [-0.3, -0.25) is 0 Å². The van der Waals surface area contributed by atoms with Gasteiger partial charge in [0, 0.05) is 24.3 Å².